The third-order valence-corrected chi connectivity index (χ3v) is 14.4. The second-order valence-electron chi connectivity index (χ2n) is 19.3. The number of fused-ring (bicyclic) bond motifs is 3. The number of likely N-dealkylation sites (tertiary alicyclic amines) is 2. The van der Waals surface area contributed by atoms with E-state index in [0.29, 0.717) is 99.0 Å². The Labute approximate surface area is 375 Å². The molecule has 4 saturated heterocycles. The number of hydrogen-bond donors (Lipinski definition) is 4. The van der Waals surface area contributed by atoms with Crippen LogP contribution >= 0.6 is 0 Å². The van der Waals surface area contributed by atoms with E-state index in [1.807, 2.05) is 24.0 Å². The first-order valence-corrected chi connectivity index (χ1v) is 22.8. The molecule has 0 spiro atoms. The predicted molar refractivity (Wildman–Crippen MR) is 236 cm³/mol. The van der Waals surface area contributed by atoms with E-state index in [0.717, 1.165) is 37.7 Å². The van der Waals surface area contributed by atoms with Gasteiger partial charge in [0, 0.05) is 93.7 Å². The van der Waals surface area contributed by atoms with Crippen LogP contribution in [0.1, 0.15) is 71.2 Å². The van der Waals surface area contributed by atoms with Crippen LogP contribution in [0.4, 0.5) is 28.4 Å². The van der Waals surface area contributed by atoms with Crippen LogP contribution in [0.5, 0.6) is 5.75 Å². The number of piperazine rings is 1. The number of anilines is 1. The molecule has 0 unspecified atom stereocenters. The van der Waals surface area contributed by atoms with Crippen LogP contribution in [0, 0.1) is 23.2 Å². The Balaban J connectivity index is 0.878. The van der Waals surface area contributed by atoms with Crippen LogP contribution in [0.3, 0.4) is 0 Å². The number of carboxylic acid groups (broad SMARTS) is 1. The number of urea groups is 1. The van der Waals surface area contributed by atoms with E-state index < -0.39 is 36.3 Å². The lowest BCUT2D eigenvalue weighted by Gasteiger charge is -2.42. The largest absolute Gasteiger partial charge is 0.573 e. The number of hydrogen-bond acceptors (Lipinski definition) is 8. The molecule has 0 radical (unpaired) electrons. The van der Waals surface area contributed by atoms with E-state index >= 15 is 0 Å². The van der Waals surface area contributed by atoms with Crippen molar-refractivity contribution in [2.24, 2.45) is 23.2 Å². The maximum Gasteiger partial charge on any atom is 0.573 e. The number of H-pyrrole nitrogens is 1. The minimum atomic E-state index is -5.00. The number of imidazole rings is 1. The molecule has 15 nitrogen and oxygen atoms in total. The average molecular weight is 903 g/mol. The molecule has 3 aromatic carbocycles. The molecule has 5 aliphatic rings. The highest BCUT2D eigenvalue weighted by Gasteiger charge is 2.52. The summed E-state index contributed by atoms with van der Waals surface area (Å²) in [6, 6.07) is 11.8. The highest BCUT2D eigenvalue weighted by molar-refractivity contribution is 6.05. The van der Waals surface area contributed by atoms with E-state index in [-0.39, 0.29) is 46.2 Å². The van der Waals surface area contributed by atoms with E-state index in [1.165, 1.54) is 12.1 Å². The zero-order valence-electron chi connectivity index (χ0n) is 37.0. The topological polar surface area (TPSA) is 173 Å². The summed E-state index contributed by atoms with van der Waals surface area (Å²) in [6.07, 6.45) is -1.77. The fourth-order valence-electron chi connectivity index (χ4n) is 10.5. The lowest BCUT2D eigenvalue weighted by atomic mass is 9.90. The van der Waals surface area contributed by atoms with Crippen molar-refractivity contribution in [3.63, 3.8) is 0 Å². The van der Waals surface area contributed by atoms with Gasteiger partial charge in [0.25, 0.3) is 0 Å². The molecule has 9 rings (SSSR count). The third-order valence-electron chi connectivity index (χ3n) is 14.4. The Morgan fingerprint density at radius 2 is 1.66 bits per heavy atom. The molecular weight excluding hydrogens is 846 g/mol. The Hall–Kier alpha value is -5.62. The summed E-state index contributed by atoms with van der Waals surface area (Å²) >= 11 is 0. The molecule has 5 fully saturated rings. The van der Waals surface area contributed by atoms with Crippen molar-refractivity contribution in [2.45, 2.75) is 83.8 Å². The van der Waals surface area contributed by atoms with Crippen molar-refractivity contribution in [1.82, 2.24) is 34.9 Å². The third kappa shape index (κ3) is 9.55. The molecule has 4 atom stereocenters. The molecule has 4 aliphatic heterocycles. The zero-order chi connectivity index (χ0) is 45.8. The summed E-state index contributed by atoms with van der Waals surface area (Å²) in [5.74, 6) is 0.156. The number of carbonyl (C=O) groups excluding carboxylic acids is 3. The number of halogens is 3. The zero-order valence-corrected chi connectivity index (χ0v) is 37.0. The summed E-state index contributed by atoms with van der Waals surface area (Å²) < 4.78 is 51.7. The Kier molecular flexibility index (Phi) is 12.1. The second-order valence-corrected chi connectivity index (χ2v) is 19.3. The summed E-state index contributed by atoms with van der Waals surface area (Å²) in [5.41, 5.74) is 2.24. The standard InChI is InChI=1S/C47H57F3N8O7/c1-27-22-37(58(26-27)43(60)39(54-45(62)63)28-12-20-64-21-13-28)41-52-36-9-5-30-23-29(4-7-34(30)40(36)53-41)33-8-6-31(24-38(33)65-47(48,49)50)51-44(61)57-18-16-55(17-19-57)32-10-14-56(15-11-32)42(59)35-25-46(35,2)3/h4-9,23-24,27-28,32,35,37,39,54H,10-22,25-26H2,1-3H3,(H,51,61)(H,52,53)(H,62,63)/t27-,35+,37-,39-/m0/s1. The number of nitrogens with one attached hydrogen (secondary N) is 3. The highest BCUT2D eigenvalue weighted by Crippen LogP contribution is 2.52. The van der Waals surface area contributed by atoms with Gasteiger partial charge in [-0.3, -0.25) is 14.5 Å². The van der Waals surface area contributed by atoms with Crippen molar-refractivity contribution < 1.29 is 46.9 Å². The van der Waals surface area contributed by atoms with Crippen molar-refractivity contribution in [2.75, 3.05) is 64.3 Å². The quantitative estimate of drug-likeness (QED) is 0.133. The molecule has 0 bridgehead atoms. The molecule has 5 amide bonds. The van der Waals surface area contributed by atoms with Gasteiger partial charge in [-0.25, -0.2) is 14.6 Å². The van der Waals surface area contributed by atoms with Gasteiger partial charge in [-0.05, 0) is 91.0 Å². The van der Waals surface area contributed by atoms with E-state index in [2.05, 4.69) is 39.1 Å². The fourth-order valence-corrected chi connectivity index (χ4v) is 10.5. The van der Waals surface area contributed by atoms with Gasteiger partial charge in [-0.2, -0.15) is 0 Å². The average Bonchev–Trinajstić information content (AvgIpc) is 3.54. The van der Waals surface area contributed by atoms with E-state index in [9.17, 15) is 37.5 Å². The first kappa shape index (κ1) is 44.6. The van der Waals surface area contributed by atoms with Crippen molar-refractivity contribution >= 4 is 51.4 Å². The second kappa shape index (κ2) is 17.6. The summed E-state index contributed by atoms with van der Waals surface area (Å²) in [6.45, 7) is 11.4. The van der Waals surface area contributed by atoms with Crippen LogP contribution in [-0.4, -0.2) is 136 Å². The van der Waals surface area contributed by atoms with Crippen LogP contribution in [0.15, 0.2) is 48.5 Å². The lowest BCUT2D eigenvalue weighted by Crippen LogP contribution is -2.55. The normalized spacial score (nSPS) is 23.7. The van der Waals surface area contributed by atoms with Crippen LogP contribution in [-0.2, 0) is 14.3 Å². The van der Waals surface area contributed by atoms with Crippen molar-refractivity contribution in [3.05, 3.63) is 54.4 Å². The number of carbonyl (C=O) groups is 4. The molecule has 1 aromatic heterocycles. The van der Waals surface area contributed by atoms with E-state index in [1.54, 1.807) is 34.1 Å². The number of piperidine rings is 1. The number of benzene rings is 3. The molecule has 4 aromatic rings. The van der Waals surface area contributed by atoms with Gasteiger partial charge in [0.15, 0.2) is 0 Å². The minimum Gasteiger partial charge on any atom is -0.465 e. The monoisotopic (exact) mass is 902 g/mol. The summed E-state index contributed by atoms with van der Waals surface area (Å²) in [7, 11) is 0. The van der Waals surface area contributed by atoms with Crippen molar-refractivity contribution in [1.29, 1.82) is 0 Å². The molecule has 348 valence electrons. The predicted octanol–water partition coefficient (Wildman–Crippen LogP) is 7.44. The minimum absolute atomic E-state index is 0.104. The van der Waals surface area contributed by atoms with Gasteiger partial charge in [0.05, 0.1) is 17.1 Å². The number of rotatable bonds is 9. The Morgan fingerprint density at radius 3 is 2.34 bits per heavy atom. The molecule has 18 heteroatoms. The first-order valence-electron chi connectivity index (χ1n) is 22.8. The molecule has 5 heterocycles. The number of alkyl halides is 3. The molecule has 65 heavy (non-hydrogen) atoms. The van der Waals surface area contributed by atoms with Gasteiger partial charge in [-0.1, -0.05) is 39.0 Å². The van der Waals surface area contributed by atoms with Crippen LogP contribution in [0.25, 0.3) is 32.9 Å². The Bertz CT molecular complexity index is 2460. The van der Waals surface area contributed by atoms with Gasteiger partial charge in [0.1, 0.15) is 17.6 Å². The molecule has 1 aliphatic carbocycles. The molecular formula is C47H57F3N8O7. The van der Waals surface area contributed by atoms with Crippen LogP contribution in [0.2, 0.25) is 0 Å². The first-order chi connectivity index (χ1) is 31.0. The van der Waals surface area contributed by atoms with Crippen LogP contribution < -0.4 is 15.4 Å². The maximum absolute atomic E-state index is 14.1. The molecule has 1 saturated carbocycles. The Morgan fingerprint density at radius 1 is 0.938 bits per heavy atom. The van der Waals surface area contributed by atoms with Gasteiger partial charge in [0.2, 0.25) is 11.8 Å². The lowest BCUT2D eigenvalue weighted by molar-refractivity contribution is -0.274. The van der Waals surface area contributed by atoms with Gasteiger partial charge < -0.3 is 44.9 Å². The number of ether oxygens (including phenoxy) is 2. The van der Waals surface area contributed by atoms with Crippen molar-refractivity contribution in [3.8, 4) is 16.9 Å². The van der Waals surface area contributed by atoms with Gasteiger partial charge >= 0.3 is 18.5 Å². The fraction of sp³-hybridized carbons (Fsp3) is 0.553. The number of aromatic amines is 1. The highest BCUT2D eigenvalue weighted by atomic mass is 19.4. The van der Waals surface area contributed by atoms with E-state index in [4.69, 9.17) is 9.72 Å². The molecule has 4 N–H and O–H groups in total. The number of amides is 5. The summed E-state index contributed by atoms with van der Waals surface area (Å²) in [5, 5.41) is 16.4. The summed E-state index contributed by atoms with van der Waals surface area (Å²) in [4.78, 5) is 68.3. The smallest absolute Gasteiger partial charge is 0.465 e. The number of nitrogens with zero attached hydrogens (tertiary/aromatic N) is 5. The van der Waals surface area contributed by atoms with Gasteiger partial charge in [-0.15, -0.1) is 13.2 Å². The maximum atomic E-state index is 14.1. The SMILES string of the molecule is C[C@H]1C[C@@H](c2nc3c(ccc4cc(-c5ccc(NC(=O)N6CCN(C7CCN(C(=O)[C@H]8CC8(C)C)CC7)CC6)cc5OC(F)(F)F)ccc43)[nH]2)N(C(=O)[C@@H](NC(=O)O)C2CCOCC2)C1. The number of aromatic nitrogens is 2.